The molecule has 0 atom stereocenters. The first-order valence-electron chi connectivity index (χ1n) is 5.09. The van der Waals surface area contributed by atoms with Gasteiger partial charge in [0.15, 0.2) is 0 Å². The number of aliphatic carboxylic acids is 1. The summed E-state index contributed by atoms with van der Waals surface area (Å²) in [7, 11) is 0. The highest BCUT2D eigenvalue weighted by Crippen LogP contribution is 2.28. The summed E-state index contributed by atoms with van der Waals surface area (Å²) < 4.78 is 3.38. The minimum Gasteiger partial charge on any atom is -0.480 e. The average Bonchev–Trinajstić information content (AvgIpc) is 2.54. The third-order valence-corrected chi connectivity index (χ3v) is 3.76. The topological polar surface area (TPSA) is 55.1 Å². The maximum Gasteiger partial charge on any atom is 0.325 e. The third-order valence-electron chi connectivity index (χ3n) is 2.51. The first-order valence-corrected chi connectivity index (χ1v) is 6.96. The molecule has 1 aromatic carbocycles. The van der Waals surface area contributed by atoms with Gasteiger partial charge >= 0.3 is 5.97 Å². The number of carboxylic acid groups (broad SMARTS) is 1. The highest BCUT2D eigenvalue weighted by atomic mass is 127. The number of rotatable bonds is 3. The van der Waals surface area contributed by atoms with Crippen LogP contribution in [-0.4, -0.2) is 20.9 Å². The lowest BCUT2D eigenvalue weighted by Crippen LogP contribution is -2.10. The number of benzene rings is 1. The molecule has 0 fully saturated rings. The van der Waals surface area contributed by atoms with Gasteiger partial charge in [0.25, 0.3) is 0 Å². The Hall–Kier alpha value is -0.630. The van der Waals surface area contributed by atoms with E-state index in [4.69, 9.17) is 5.11 Å². The number of aromatic nitrogens is 2. The Morgan fingerprint density at radius 1 is 1.59 bits per heavy atom. The smallest absolute Gasteiger partial charge is 0.325 e. The summed E-state index contributed by atoms with van der Waals surface area (Å²) in [6, 6.07) is 3.99. The zero-order valence-corrected chi connectivity index (χ0v) is 12.8. The van der Waals surface area contributed by atoms with Crippen molar-refractivity contribution in [3.63, 3.8) is 0 Å². The number of carboxylic acids is 1. The molecule has 17 heavy (non-hydrogen) atoms. The van der Waals surface area contributed by atoms with E-state index >= 15 is 0 Å². The fourth-order valence-electron chi connectivity index (χ4n) is 1.84. The summed E-state index contributed by atoms with van der Waals surface area (Å²) in [6.07, 6.45) is 0.845. The van der Waals surface area contributed by atoms with Crippen LogP contribution in [0.2, 0.25) is 0 Å². The Bertz CT molecular complexity index is 595. The summed E-state index contributed by atoms with van der Waals surface area (Å²) in [5.41, 5.74) is 2.02. The van der Waals surface area contributed by atoms with Gasteiger partial charge in [0.05, 0.1) is 5.52 Å². The van der Waals surface area contributed by atoms with Gasteiger partial charge < -0.3 is 5.11 Å². The molecule has 0 saturated heterocycles. The van der Waals surface area contributed by atoms with Crippen molar-refractivity contribution >= 4 is 55.4 Å². The van der Waals surface area contributed by atoms with Crippen molar-refractivity contribution in [3.8, 4) is 0 Å². The second kappa shape index (κ2) is 4.93. The van der Waals surface area contributed by atoms with Crippen LogP contribution in [0.15, 0.2) is 16.6 Å². The Morgan fingerprint density at radius 2 is 2.29 bits per heavy atom. The zero-order valence-electron chi connectivity index (χ0n) is 9.07. The molecule has 90 valence electrons. The van der Waals surface area contributed by atoms with Gasteiger partial charge in [0.2, 0.25) is 0 Å². The van der Waals surface area contributed by atoms with Gasteiger partial charge in [-0.15, -0.1) is 0 Å². The highest BCUT2D eigenvalue weighted by molar-refractivity contribution is 14.1. The van der Waals surface area contributed by atoms with E-state index in [1.54, 1.807) is 4.68 Å². The van der Waals surface area contributed by atoms with Crippen molar-refractivity contribution in [2.24, 2.45) is 0 Å². The van der Waals surface area contributed by atoms with Crippen LogP contribution in [0, 0.1) is 3.70 Å². The van der Waals surface area contributed by atoms with Gasteiger partial charge in [-0.2, -0.15) is 5.10 Å². The van der Waals surface area contributed by atoms with E-state index in [1.165, 1.54) is 0 Å². The van der Waals surface area contributed by atoms with Crippen LogP contribution < -0.4 is 0 Å². The van der Waals surface area contributed by atoms with Gasteiger partial charge in [-0.25, -0.2) is 0 Å². The van der Waals surface area contributed by atoms with Gasteiger partial charge in [-0.1, -0.05) is 22.9 Å². The quantitative estimate of drug-likeness (QED) is 0.794. The largest absolute Gasteiger partial charge is 0.480 e. The van der Waals surface area contributed by atoms with Gasteiger partial charge in [0, 0.05) is 9.86 Å². The number of nitrogens with zero attached hydrogens (tertiary/aromatic N) is 2. The molecule has 0 aliphatic heterocycles. The molecule has 1 aromatic heterocycles. The summed E-state index contributed by atoms with van der Waals surface area (Å²) in [6.45, 7) is 1.94. The fourth-order valence-corrected chi connectivity index (χ4v) is 3.02. The standard InChI is InChI=1S/C11H10BrIN2O2/c1-2-6-3-7(12)4-8-10(6)15(5-9(16)17)14-11(8)13/h3-4H,2,5H2,1H3,(H,16,17). The molecule has 0 saturated carbocycles. The summed E-state index contributed by atoms with van der Waals surface area (Å²) >= 11 is 5.59. The molecule has 1 N–H and O–H groups in total. The maximum absolute atomic E-state index is 10.8. The first kappa shape index (κ1) is 12.8. The monoisotopic (exact) mass is 408 g/mol. The molecule has 2 aromatic rings. The normalized spacial score (nSPS) is 11.0. The molecule has 4 nitrogen and oxygen atoms in total. The SMILES string of the molecule is CCc1cc(Br)cc2c(I)nn(CC(=O)O)c12. The molecule has 0 spiro atoms. The molecule has 1 heterocycles. The number of aryl methyl sites for hydroxylation is 1. The molecular formula is C11H10BrIN2O2. The summed E-state index contributed by atoms with van der Waals surface area (Å²) in [5, 5.41) is 14.2. The summed E-state index contributed by atoms with van der Waals surface area (Å²) in [5.74, 6) is -0.879. The number of hydrogen-bond donors (Lipinski definition) is 1. The van der Waals surface area contributed by atoms with E-state index < -0.39 is 5.97 Å². The van der Waals surface area contributed by atoms with E-state index in [2.05, 4.69) is 43.6 Å². The molecule has 0 radical (unpaired) electrons. The lowest BCUT2D eigenvalue weighted by molar-refractivity contribution is -0.137. The Morgan fingerprint density at radius 3 is 2.88 bits per heavy atom. The fraction of sp³-hybridized carbons (Fsp3) is 0.273. The van der Waals surface area contributed by atoms with Crippen molar-refractivity contribution in [2.45, 2.75) is 19.9 Å². The number of fused-ring (bicyclic) bond motifs is 1. The molecule has 0 bridgehead atoms. The van der Waals surface area contributed by atoms with Crippen LogP contribution in [0.1, 0.15) is 12.5 Å². The lowest BCUT2D eigenvalue weighted by Gasteiger charge is -2.05. The number of hydrogen-bond acceptors (Lipinski definition) is 2. The van der Waals surface area contributed by atoms with Crippen LogP contribution in [0.5, 0.6) is 0 Å². The average molecular weight is 409 g/mol. The number of halogens is 2. The Balaban J connectivity index is 2.74. The van der Waals surface area contributed by atoms with Crippen molar-refractivity contribution in [1.82, 2.24) is 9.78 Å². The van der Waals surface area contributed by atoms with E-state index in [-0.39, 0.29) is 6.54 Å². The molecule has 2 rings (SSSR count). The molecular weight excluding hydrogens is 399 g/mol. The van der Waals surface area contributed by atoms with Gasteiger partial charge in [-0.3, -0.25) is 9.48 Å². The van der Waals surface area contributed by atoms with E-state index in [0.717, 1.165) is 31.1 Å². The van der Waals surface area contributed by atoms with Crippen LogP contribution in [0.25, 0.3) is 10.9 Å². The van der Waals surface area contributed by atoms with Crippen LogP contribution in [0.3, 0.4) is 0 Å². The van der Waals surface area contributed by atoms with Gasteiger partial charge in [-0.05, 0) is 46.7 Å². The van der Waals surface area contributed by atoms with E-state index in [1.807, 2.05) is 19.1 Å². The highest BCUT2D eigenvalue weighted by Gasteiger charge is 2.14. The van der Waals surface area contributed by atoms with Crippen molar-refractivity contribution in [1.29, 1.82) is 0 Å². The first-order chi connectivity index (χ1) is 8.02. The second-order valence-electron chi connectivity index (χ2n) is 3.66. The lowest BCUT2D eigenvalue weighted by atomic mass is 10.1. The van der Waals surface area contributed by atoms with Crippen LogP contribution in [0.4, 0.5) is 0 Å². The van der Waals surface area contributed by atoms with Crippen molar-refractivity contribution in [3.05, 3.63) is 25.9 Å². The number of carbonyl (C=O) groups is 1. The van der Waals surface area contributed by atoms with Crippen LogP contribution >= 0.6 is 38.5 Å². The van der Waals surface area contributed by atoms with E-state index in [9.17, 15) is 4.79 Å². The van der Waals surface area contributed by atoms with Crippen LogP contribution in [-0.2, 0) is 17.8 Å². The second-order valence-corrected chi connectivity index (χ2v) is 5.59. The predicted molar refractivity (Wildman–Crippen MR) is 77.2 cm³/mol. The molecule has 0 aliphatic rings. The zero-order chi connectivity index (χ0) is 12.6. The maximum atomic E-state index is 10.8. The minimum absolute atomic E-state index is 0.103. The van der Waals surface area contributed by atoms with Gasteiger partial charge in [0.1, 0.15) is 10.2 Å². The molecule has 6 heteroatoms. The molecule has 0 amide bonds. The predicted octanol–water partition coefficient (Wildman–Crippen LogP) is 3.05. The van der Waals surface area contributed by atoms with Crippen molar-refractivity contribution in [2.75, 3.05) is 0 Å². The Labute approximate surface area is 120 Å². The van der Waals surface area contributed by atoms with E-state index in [0.29, 0.717) is 0 Å². The molecule has 0 aliphatic carbocycles. The minimum atomic E-state index is -0.879. The van der Waals surface area contributed by atoms with Crippen molar-refractivity contribution < 1.29 is 9.90 Å². The molecule has 0 unspecified atom stereocenters. The third kappa shape index (κ3) is 2.47. The Kier molecular flexibility index (Phi) is 3.72. The summed E-state index contributed by atoms with van der Waals surface area (Å²) in [4.78, 5) is 10.8.